The highest BCUT2D eigenvalue weighted by Gasteiger charge is 2.13. The maximum absolute atomic E-state index is 5.79. The van der Waals surface area contributed by atoms with Crippen LogP contribution in [-0.4, -0.2) is 34.1 Å². The third-order valence-electron chi connectivity index (χ3n) is 3.98. The SMILES string of the molecule is CCCCN(CC)Cc1nc2cc(C)ccc2n1CCN. The minimum Gasteiger partial charge on any atom is -0.329 e. The van der Waals surface area contributed by atoms with Gasteiger partial charge in [0.05, 0.1) is 17.6 Å². The van der Waals surface area contributed by atoms with Crippen LogP contribution in [0.25, 0.3) is 11.0 Å². The molecule has 116 valence electrons. The molecule has 0 amide bonds. The topological polar surface area (TPSA) is 47.1 Å². The fourth-order valence-electron chi connectivity index (χ4n) is 2.72. The Hall–Kier alpha value is -1.39. The normalized spacial score (nSPS) is 11.7. The molecule has 0 saturated carbocycles. The Morgan fingerprint density at radius 1 is 1.29 bits per heavy atom. The summed E-state index contributed by atoms with van der Waals surface area (Å²) in [7, 11) is 0. The van der Waals surface area contributed by atoms with Crippen molar-refractivity contribution in [2.24, 2.45) is 5.73 Å². The molecule has 1 aromatic heterocycles. The van der Waals surface area contributed by atoms with Gasteiger partial charge < -0.3 is 10.3 Å². The van der Waals surface area contributed by atoms with Gasteiger partial charge in [-0.3, -0.25) is 4.90 Å². The van der Waals surface area contributed by atoms with Crippen LogP contribution in [0.5, 0.6) is 0 Å². The van der Waals surface area contributed by atoms with Crippen molar-refractivity contribution in [1.29, 1.82) is 0 Å². The minimum absolute atomic E-state index is 0.646. The van der Waals surface area contributed by atoms with Crippen molar-refractivity contribution >= 4 is 11.0 Å². The van der Waals surface area contributed by atoms with Gasteiger partial charge in [0.1, 0.15) is 5.82 Å². The lowest BCUT2D eigenvalue weighted by Gasteiger charge is -2.20. The van der Waals surface area contributed by atoms with Gasteiger partial charge in [-0.15, -0.1) is 0 Å². The van der Waals surface area contributed by atoms with Crippen molar-refractivity contribution in [3.05, 3.63) is 29.6 Å². The molecule has 2 rings (SSSR count). The average molecular weight is 288 g/mol. The van der Waals surface area contributed by atoms with E-state index in [1.165, 1.54) is 23.9 Å². The molecule has 0 radical (unpaired) electrons. The Bertz CT molecular complexity index is 573. The number of hydrogen-bond acceptors (Lipinski definition) is 3. The molecule has 21 heavy (non-hydrogen) atoms. The molecule has 1 aromatic carbocycles. The van der Waals surface area contributed by atoms with E-state index < -0.39 is 0 Å². The molecule has 0 fully saturated rings. The van der Waals surface area contributed by atoms with Gasteiger partial charge in [0, 0.05) is 13.1 Å². The van der Waals surface area contributed by atoms with Crippen LogP contribution < -0.4 is 5.73 Å². The standard InChI is InChI=1S/C17H28N4/c1-4-6-10-20(5-2)13-17-19-15-12-14(3)7-8-16(15)21(17)11-9-18/h7-8,12H,4-6,9-11,13,18H2,1-3H3. The predicted octanol–water partition coefficient (Wildman–Crippen LogP) is 2.93. The largest absolute Gasteiger partial charge is 0.329 e. The van der Waals surface area contributed by atoms with Crippen LogP contribution in [0.1, 0.15) is 38.1 Å². The summed E-state index contributed by atoms with van der Waals surface area (Å²) in [5.41, 5.74) is 9.33. The fourth-order valence-corrected chi connectivity index (χ4v) is 2.72. The average Bonchev–Trinajstić information content (AvgIpc) is 2.80. The van der Waals surface area contributed by atoms with Gasteiger partial charge in [0.25, 0.3) is 0 Å². The quantitative estimate of drug-likeness (QED) is 0.812. The predicted molar refractivity (Wildman–Crippen MR) is 89.4 cm³/mol. The molecule has 0 aliphatic rings. The van der Waals surface area contributed by atoms with Crippen molar-refractivity contribution in [1.82, 2.24) is 14.5 Å². The number of hydrogen-bond donors (Lipinski definition) is 1. The van der Waals surface area contributed by atoms with Crippen LogP contribution in [0.3, 0.4) is 0 Å². The summed E-state index contributed by atoms with van der Waals surface area (Å²) in [5, 5.41) is 0. The molecule has 2 aromatic rings. The molecule has 4 heteroatoms. The molecule has 1 heterocycles. The number of unbranched alkanes of at least 4 members (excludes halogenated alkanes) is 1. The van der Waals surface area contributed by atoms with Crippen LogP contribution in [0, 0.1) is 6.92 Å². The highest BCUT2D eigenvalue weighted by atomic mass is 15.2. The lowest BCUT2D eigenvalue weighted by molar-refractivity contribution is 0.265. The van der Waals surface area contributed by atoms with Gasteiger partial charge in [0.2, 0.25) is 0 Å². The summed E-state index contributed by atoms with van der Waals surface area (Å²) in [5.74, 6) is 1.14. The van der Waals surface area contributed by atoms with Gasteiger partial charge in [0.15, 0.2) is 0 Å². The highest BCUT2D eigenvalue weighted by molar-refractivity contribution is 5.76. The van der Waals surface area contributed by atoms with Gasteiger partial charge in [-0.25, -0.2) is 4.98 Å². The zero-order valence-electron chi connectivity index (χ0n) is 13.6. The summed E-state index contributed by atoms with van der Waals surface area (Å²) in [4.78, 5) is 7.32. The first-order valence-electron chi connectivity index (χ1n) is 8.07. The van der Waals surface area contributed by atoms with Crippen LogP contribution >= 0.6 is 0 Å². The van der Waals surface area contributed by atoms with Crippen molar-refractivity contribution in [3.8, 4) is 0 Å². The van der Waals surface area contributed by atoms with Crippen LogP contribution in [0.15, 0.2) is 18.2 Å². The summed E-state index contributed by atoms with van der Waals surface area (Å²) >= 11 is 0. The number of nitrogens with zero attached hydrogens (tertiary/aromatic N) is 3. The van der Waals surface area contributed by atoms with E-state index in [0.29, 0.717) is 6.54 Å². The first kappa shape index (κ1) is 16.0. The van der Waals surface area contributed by atoms with Gasteiger partial charge >= 0.3 is 0 Å². The van der Waals surface area contributed by atoms with Crippen molar-refractivity contribution in [3.63, 3.8) is 0 Å². The smallest absolute Gasteiger partial charge is 0.124 e. The van der Waals surface area contributed by atoms with Gasteiger partial charge in [-0.1, -0.05) is 26.3 Å². The molecular weight excluding hydrogens is 260 g/mol. The van der Waals surface area contributed by atoms with E-state index in [-0.39, 0.29) is 0 Å². The van der Waals surface area contributed by atoms with E-state index in [4.69, 9.17) is 10.7 Å². The van der Waals surface area contributed by atoms with Gasteiger partial charge in [-0.2, -0.15) is 0 Å². The van der Waals surface area contributed by atoms with Crippen molar-refractivity contribution in [2.75, 3.05) is 19.6 Å². The number of nitrogens with two attached hydrogens (primary N) is 1. The Balaban J connectivity index is 2.30. The monoisotopic (exact) mass is 288 g/mol. The molecule has 0 bridgehead atoms. The lowest BCUT2D eigenvalue weighted by Crippen LogP contribution is -2.26. The number of aromatic nitrogens is 2. The van der Waals surface area contributed by atoms with Gasteiger partial charge in [-0.05, 0) is 44.1 Å². The Kier molecular flexibility index (Phi) is 5.76. The van der Waals surface area contributed by atoms with Crippen LogP contribution in [-0.2, 0) is 13.1 Å². The Morgan fingerprint density at radius 3 is 2.76 bits per heavy atom. The summed E-state index contributed by atoms with van der Waals surface area (Å²) in [6, 6.07) is 6.48. The molecule has 2 N–H and O–H groups in total. The number of benzene rings is 1. The number of fused-ring (bicyclic) bond motifs is 1. The zero-order chi connectivity index (χ0) is 15.2. The van der Waals surface area contributed by atoms with E-state index in [9.17, 15) is 0 Å². The molecule has 0 spiro atoms. The van der Waals surface area contributed by atoms with E-state index in [1.54, 1.807) is 0 Å². The van der Waals surface area contributed by atoms with E-state index in [1.807, 2.05) is 0 Å². The summed E-state index contributed by atoms with van der Waals surface area (Å²) in [6.45, 7) is 11.2. The van der Waals surface area contributed by atoms with E-state index in [0.717, 1.165) is 37.5 Å². The first-order valence-corrected chi connectivity index (χ1v) is 8.07. The minimum atomic E-state index is 0.646. The number of rotatable bonds is 8. The second-order valence-electron chi connectivity index (χ2n) is 5.68. The third-order valence-corrected chi connectivity index (χ3v) is 3.98. The molecule has 0 saturated heterocycles. The second-order valence-corrected chi connectivity index (χ2v) is 5.68. The Morgan fingerprint density at radius 2 is 2.10 bits per heavy atom. The summed E-state index contributed by atoms with van der Waals surface area (Å²) < 4.78 is 2.28. The Labute approximate surface area is 128 Å². The maximum Gasteiger partial charge on any atom is 0.124 e. The molecule has 0 atom stereocenters. The summed E-state index contributed by atoms with van der Waals surface area (Å²) in [6.07, 6.45) is 2.47. The fraction of sp³-hybridized carbons (Fsp3) is 0.588. The molecular formula is C17H28N4. The second kappa shape index (κ2) is 7.57. The number of imidazole rings is 1. The highest BCUT2D eigenvalue weighted by Crippen LogP contribution is 2.19. The first-order chi connectivity index (χ1) is 10.2. The van der Waals surface area contributed by atoms with Crippen LogP contribution in [0.2, 0.25) is 0 Å². The van der Waals surface area contributed by atoms with Crippen molar-refractivity contribution in [2.45, 2.75) is 46.7 Å². The molecule has 4 nitrogen and oxygen atoms in total. The lowest BCUT2D eigenvalue weighted by atomic mass is 10.2. The van der Waals surface area contributed by atoms with E-state index in [2.05, 4.69) is 48.4 Å². The van der Waals surface area contributed by atoms with Crippen molar-refractivity contribution < 1.29 is 0 Å². The van der Waals surface area contributed by atoms with E-state index >= 15 is 0 Å². The third kappa shape index (κ3) is 3.83. The molecule has 0 aliphatic heterocycles. The van der Waals surface area contributed by atoms with Crippen LogP contribution in [0.4, 0.5) is 0 Å². The molecule has 0 aliphatic carbocycles. The zero-order valence-corrected chi connectivity index (χ0v) is 13.6. The number of aryl methyl sites for hydroxylation is 1. The maximum atomic E-state index is 5.79. The molecule has 0 unspecified atom stereocenters.